The topological polar surface area (TPSA) is 49.4 Å². The zero-order valence-electron chi connectivity index (χ0n) is 9.66. The summed E-state index contributed by atoms with van der Waals surface area (Å²) in [5.41, 5.74) is 1.85. The van der Waals surface area contributed by atoms with Gasteiger partial charge in [-0.3, -0.25) is 15.0 Å². The summed E-state index contributed by atoms with van der Waals surface area (Å²) >= 11 is 3.47. The lowest BCUT2D eigenvalue weighted by Crippen LogP contribution is -2.54. The molecule has 1 aromatic rings. The van der Waals surface area contributed by atoms with Crippen LogP contribution in [0.1, 0.15) is 12.5 Å². The summed E-state index contributed by atoms with van der Waals surface area (Å²) in [6.07, 6.45) is 0. The predicted molar refractivity (Wildman–Crippen MR) is 68.9 cm³/mol. The third-order valence-electron chi connectivity index (χ3n) is 2.84. The Morgan fingerprint density at radius 1 is 1.41 bits per heavy atom. The lowest BCUT2D eigenvalue weighted by Gasteiger charge is -2.31. The highest BCUT2D eigenvalue weighted by Gasteiger charge is 2.30. The molecule has 90 valence electrons. The molecule has 0 aromatic heterocycles. The number of anilines is 1. The van der Waals surface area contributed by atoms with Crippen molar-refractivity contribution in [3.63, 3.8) is 0 Å². The van der Waals surface area contributed by atoms with Gasteiger partial charge in [0, 0.05) is 11.0 Å². The largest absolute Gasteiger partial charge is 0.328 e. The van der Waals surface area contributed by atoms with Gasteiger partial charge in [-0.1, -0.05) is 19.1 Å². The Balaban J connectivity index is 2.36. The van der Waals surface area contributed by atoms with Crippen molar-refractivity contribution < 1.29 is 9.59 Å². The summed E-state index contributed by atoms with van der Waals surface area (Å²) in [6.45, 7) is 4.18. The van der Waals surface area contributed by atoms with Gasteiger partial charge in [0.05, 0.1) is 11.6 Å². The quantitative estimate of drug-likeness (QED) is 0.865. The average Bonchev–Trinajstić information content (AvgIpc) is 2.28. The average molecular weight is 297 g/mol. The Morgan fingerprint density at radius 3 is 2.82 bits per heavy atom. The molecule has 1 aromatic carbocycles. The summed E-state index contributed by atoms with van der Waals surface area (Å²) in [6, 6.07) is 5.35. The van der Waals surface area contributed by atoms with E-state index in [1.54, 1.807) is 11.8 Å². The first kappa shape index (κ1) is 12.1. The molecule has 0 spiro atoms. The molecule has 2 rings (SSSR count). The van der Waals surface area contributed by atoms with E-state index in [0.717, 1.165) is 15.7 Å². The van der Waals surface area contributed by atoms with Crippen LogP contribution < -0.4 is 10.2 Å². The number of carbonyl (C=O) groups excluding carboxylic acids is 2. The van der Waals surface area contributed by atoms with E-state index in [2.05, 4.69) is 21.2 Å². The van der Waals surface area contributed by atoms with Crippen LogP contribution in [0.5, 0.6) is 0 Å². The highest BCUT2D eigenvalue weighted by Crippen LogP contribution is 2.30. The van der Waals surface area contributed by atoms with E-state index in [4.69, 9.17) is 0 Å². The van der Waals surface area contributed by atoms with E-state index in [1.165, 1.54) is 0 Å². The van der Waals surface area contributed by atoms with E-state index in [0.29, 0.717) is 6.54 Å². The van der Waals surface area contributed by atoms with Crippen molar-refractivity contribution in [3.05, 3.63) is 28.2 Å². The molecule has 1 atom stereocenters. The van der Waals surface area contributed by atoms with Crippen LogP contribution in [-0.4, -0.2) is 18.5 Å². The van der Waals surface area contributed by atoms with Crippen molar-refractivity contribution in [2.24, 2.45) is 5.92 Å². The summed E-state index contributed by atoms with van der Waals surface area (Å²) < 4.78 is 0.886. The maximum absolute atomic E-state index is 11.8. The van der Waals surface area contributed by atoms with Crippen LogP contribution in [0.3, 0.4) is 0 Å². The Kier molecular flexibility index (Phi) is 3.19. The van der Waals surface area contributed by atoms with Crippen molar-refractivity contribution in [2.45, 2.75) is 13.8 Å². The number of hydrogen-bond donors (Lipinski definition) is 1. The minimum atomic E-state index is -0.362. The van der Waals surface area contributed by atoms with Crippen LogP contribution in [0.25, 0.3) is 0 Å². The first-order chi connectivity index (χ1) is 8.00. The van der Waals surface area contributed by atoms with Crippen molar-refractivity contribution >= 4 is 33.6 Å². The maximum Gasteiger partial charge on any atom is 0.328 e. The van der Waals surface area contributed by atoms with Crippen LogP contribution in [-0.2, 0) is 4.79 Å². The number of benzene rings is 1. The monoisotopic (exact) mass is 296 g/mol. The van der Waals surface area contributed by atoms with Crippen LogP contribution in [0.15, 0.2) is 22.7 Å². The van der Waals surface area contributed by atoms with Crippen LogP contribution in [0.4, 0.5) is 10.5 Å². The SMILES string of the molecule is Cc1cccc(N2CC(C)C(=O)NC2=O)c1Br. The van der Waals surface area contributed by atoms with Gasteiger partial charge in [-0.15, -0.1) is 0 Å². The lowest BCUT2D eigenvalue weighted by atomic mass is 10.1. The molecule has 1 aliphatic heterocycles. The molecule has 0 aliphatic carbocycles. The molecule has 17 heavy (non-hydrogen) atoms. The molecule has 0 bridgehead atoms. The molecule has 1 fully saturated rings. The Hall–Kier alpha value is -1.36. The molecular formula is C12H13BrN2O2. The van der Waals surface area contributed by atoms with E-state index < -0.39 is 0 Å². The number of aryl methyl sites for hydroxylation is 1. The van der Waals surface area contributed by atoms with Gasteiger partial charge in [0.1, 0.15) is 0 Å². The standard InChI is InChI=1S/C12H13BrN2O2/c1-7-4-3-5-9(10(7)13)15-6-8(2)11(16)14-12(15)17/h3-5,8H,6H2,1-2H3,(H,14,16,17). The second-order valence-electron chi connectivity index (χ2n) is 4.21. The highest BCUT2D eigenvalue weighted by atomic mass is 79.9. The zero-order chi connectivity index (χ0) is 12.6. The molecule has 5 heteroatoms. The predicted octanol–water partition coefficient (Wildman–Crippen LogP) is 2.45. The summed E-state index contributed by atoms with van der Waals surface area (Å²) in [4.78, 5) is 24.7. The third-order valence-corrected chi connectivity index (χ3v) is 3.87. The number of carbonyl (C=O) groups is 2. The number of nitrogens with zero attached hydrogens (tertiary/aromatic N) is 1. The molecule has 1 heterocycles. The third kappa shape index (κ3) is 2.20. The van der Waals surface area contributed by atoms with Gasteiger partial charge in [0.25, 0.3) is 0 Å². The van der Waals surface area contributed by atoms with Crippen molar-refractivity contribution in [1.82, 2.24) is 5.32 Å². The Labute approximate surface area is 108 Å². The molecule has 1 saturated heterocycles. The number of amides is 3. The molecular weight excluding hydrogens is 284 g/mol. The minimum absolute atomic E-state index is 0.194. The summed E-state index contributed by atoms with van der Waals surface area (Å²) in [5.74, 6) is -0.407. The number of hydrogen-bond acceptors (Lipinski definition) is 2. The van der Waals surface area contributed by atoms with Gasteiger partial charge in [-0.2, -0.15) is 0 Å². The van der Waals surface area contributed by atoms with E-state index in [-0.39, 0.29) is 17.9 Å². The molecule has 4 nitrogen and oxygen atoms in total. The molecule has 1 aliphatic rings. The Morgan fingerprint density at radius 2 is 2.12 bits per heavy atom. The number of nitrogens with one attached hydrogen (secondary N) is 1. The van der Waals surface area contributed by atoms with Gasteiger partial charge in [-0.25, -0.2) is 4.79 Å². The molecule has 1 N–H and O–H groups in total. The van der Waals surface area contributed by atoms with E-state index in [9.17, 15) is 9.59 Å². The van der Waals surface area contributed by atoms with Crippen molar-refractivity contribution in [2.75, 3.05) is 11.4 Å². The summed E-state index contributed by atoms with van der Waals surface area (Å²) in [7, 11) is 0. The number of halogens is 1. The first-order valence-corrected chi connectivity index (χ1v) is 6.17. The number of rotatable bonds is 1. The minimum Gasteiger partial charge on any atom is -0.292 e. The van der Waals surface area contributed by atoms with Crippen LogP contribution in [0.2, 0.25) is 0 Å². The number of urea groups is 1. The van der Waals surface area contributed by atoms with E-state index >= 15 is 0 Å². The zero-order valence-corrected chi connectivity index (χ0v) is 11.2. The highest BCUT2D eigenvalue weighted by molar-refractivity contribution is 9.10. The van der Waals surface area contributed by atoms with Gasteiger partial charge in [-0.05, 0) is 34.5 Å². The lowest BCUT2D eigenvalue weighted by molar-refractivity contribution is -0.123. The van der Waals surface area contributed by atoms with Gasteiger partial charge in [0.2, 0.25) is 5.91 Å². The van der Waals surface area contributed by atoms with Crippen molar-refractivity contribution in [3.8, 4) is 0 Å². The smallest absolute Gasteiger partial charge is 0.292 e. The van der Waals surface area contributed by atoms with Crippen molar-refractivity contribution in [1.29, 1.82) is 0 Å². The second-order valence-corrected chi connectivity index (χ2v) is 5.01. The fraction of sp³-hybridized carbons (Fsp3) is 0.333. The molecule has 3 amide bonds. The Bertz CT molecular complexity index is 487. The fourth-order valence-electron chi connectivity index (χ4n) is 1.78. The summed E-state index contributed by atoms with van der Waals surface area (Å²) in [5, 5.41) is 2.35. The number of imide groups is 1. The normalized spacial score (nSPS) is 20.4. The molecule has 0 saturated carbocycles. The first-order valence-electron chi connectivity index (χ1n) is 5.38. The molecule has 0 radical (unpaired) electrons. The van der Waals surface area contributed by atoms with Crippen LogP contribution >= 0.6 is 15.9 Å². The maximum atomic E-state index is 11.8. The second kappa shape index (κ2) is 4.49. The molecule has 1 unspecified atom stereocenters. The fourth-order valence-corrected chi connectivity index (χ4v) is 2.26. The van der Waals surface area contributed by atoms with E-state index in [1.807, 2.05) is 25.1 Å². The van der Waals surface area contributed by atoms with Gasteiger partial charge >= 0.3 is 6.03 Å². The van der Waals surface area contributed by atoms with Gasteiger partial charge in [0.15, 0.2) is 0 Å². The van der Waals surface area contributed by atoms with Gasteiger partial charge < -0.3 is 0 Å². The van der Waals surface area contributed by atoms with Crippen LogP contribution in [0, 0.1) is 12.8 Å².